The van der Waals surface area contributed by atoms with E-state index in [0.29, 0.717) is 11.6 Å². The van der Waals surface area contributed by atoms with Crippen LogP contribution in [0.1, 0.15) is 0 Å². The van der Waals surface area contributed by atoms with E-state index in [9.17, 15) is 5.11 Å². The van der Waals surface area contributed by atoms with E-state index in [4.69, 9.17) is 4.74 Å². The van der Waals surface area contributed by atoms with Crippen LogP contribution < -0.4 is 4.74 Å². The fourth-order valence-corrected chi connectivity index (χ4v) is 1.08. The van der Waals surface area contributed by atoms with Gasteiger partial charge in [-0.25, -0.2) is 4.98 Å². The first-order valence-corrected chi connectivity index (χ1v) is 4.22. The van der Waals surface area contributed by atoms with E-state index >= 15 is 0 Å². The van der Waals surface area contributed by atoms with Gasteiger partial charge < -0.3 is 9.84 Å². The molecule has 0 amide bonds. The molecule has 70 valence electrons. The number of aromatic nitrogens is 1. The summed E-state index contributed by atoms with van der Waals surface area (Å²) in [5.74, 6) is 1.26. The number of pyridine rings is 1. The normalized spacial score (nSPS) is 9.71. The van der Waals surface area contributed by atoms with Gasteiger partial charge in [-0.05, 0) is 18.2 Å². The summed E-state index contributed by atoms with van der Waals surface area (Å²) < 4.78 is 5.39. The first kappa shape index (κ1) is 8.56. The Hall–Kier alpha value is -2.03. The summed E-state index contributed by atoms with van der Waals surface area (Å²) in [6, 6.07) is 12.0. The Bertz CT molecular complexity index is 415. The Morgan fingerprint density at radius 1 is 1.07 bits per heavy atom. The number of ether oxygens (including phenoxy) is 1. The van der Waals surface area contributed by atoms with E-state index in [1.165, 1.54) is 6.07 Å². The van der Waals surface area contributed by atoms with E-state index in [2.05, 4.69) is 4.98 Å². The molecule has 1 aromatic heterocycles. The zero-order valence-corrected chi connectivity index (χ0v) is 7.42. The van der Waals surface area contributed by atoms with Gasteiger partial charge in [0.25, 0.3) is 0 Å². The number of rotatable bonds is 2. The van der Waals surface area contributed by atoms with E-state index < -0.39 is 0 Å². The third kappa shape index (κ3) is 2.01. The number of phenolic OH excluding ortho intramolecular Hbond substituents is 1. The number of phenols is 1. The monoisotopic (exact) mass is 187 g/mol. The number of benzene rings is 1. The van der Waals surface area contributed by atoms with Gasteiger partial charge in [0.15, 0.2) is 0 Å². The number of aromatic hydroxyl groups is 1. The minimum absolute atomic E-state index is 0.179. The molecule has 3 nitrogen and oxygen atoms in total. The summed E-state index contributed by atoms with van der Waals surface area (Å²) in [4.78, 5) is 4.00. The highest BCUT2D eigenvalue weighted by Gasteiger charge is 1.97. The molecule has 0 atom stereocenters. The SMILES string of the molecule is Oc1cccc(Oc2ccccn2)c1. The second-order valence-corrected chi connectivity index (χ2v) is 2.77. The largest absolute Gasteiger partial charge is 0.508 e. The van der Waals surface area contributed by atoms with Crippen molar-refractivity contribution in [2.45, 2.75) is 0 Å². The molecule has 0 radical (unpaired) electrons. The highest BCUT2D eigenvalue weighted by atomic mass is 16.5. The van der Waals surface area contributed by atoms with E-state index in [-0.39, 0.29) is 5.75 Å². The minimum Gasteiger partial charge on any atom is -0.508 e. The molecular formula is C11H9NO2. The smallest absolute Gasteiger partial charge is 0.219 e. The zero-order valence-electron chi connectivity index (χ0n) is 7.42. The lowest BCUT2D eigenvalue weighted by atomic mass is 10.3. The lowest BCUT2D eigenvalue weighted by Crippen LogP contribution is -1.85. The summed E-state index contributed by atoms with van der Waals surface area (Å²) in [6.45, 7) is 0. The Labute approximate surface area is 81.6 Å². The van der Waals surface area contributed by atoms with Crippen LogP contribution in [0.3, 0.4) is 0 Å². The van der Waals surface area contributed by atoms with Crippen LogP contribution in [0, 0.1) is 0 Å². The molecule has 1 N–H and O–H groups in total. The first-order valence-electron chi connectivity index (χ1n) is 4.22. The topological polar surface area (TPSA) is 42.4 Å². The van der Waals surface area contributed by atoms with Crippen LogP contribution in [0.5, 0.6) is 17.4 Å². The van der Waals surface area contributed by atoms with Crippen LogP contribution in [0.2, 0.25) is 0 Å². The molecule has 2 aromatic rings. The van der Waals surface area contributed by atoms with Crippen molar-refractivity contribution >= 4 is 0 Å². The fraction of sp³-hybridized carbons (Fsp3) is 0. The molecule has 1 aromatic carbocycles. The van der Waals surface area contributed by atoms with Crippen molar-refractivity contribution in [3.63, 3.8) is 0 Å². The Balaban J connectivity index is 2.19. The number of hydrogen-bond acceptors (Lipinski definition) is 3. The average molecular weight is 187 g/mol. The summed E-state index contributed by atoms with van der Waals surface area (Å²) >= 11 is 0. The standard InChI is InChI=1S/C11H9NO2/c13-9-4-3-5-10(8-9)14-11-6-1-2-7-12-11/h1-8,13H. The van der Waals surface area contributed by atoms with Gasteiger partial charge in [-0.1, -0.05) is 12.1 Å². The Morgan fingerprint density at radius 2 is 2.00 bits per heavy atom. The molecule has 1 heterocycles. The predicted molar refractivity (Wildman–Crippen MR) is 52.4 cm³/mol. The number of hydrogen-bond donors (Lipinski definition) is 1. The molecule has 14 heavy (non-hydrogen) atoms. The molecule has 0 aliphatic heterocycles. The maximum absolute atomic E-state index is 9.19. The molecule has 0 saturated heterocycles. The van der Waals surface area contributed by atoms with E-state index in [0.717, 1.165) is 0 Å². The quantitative estimate of drug-likeness (QED) is 0.785. The van der Waals surface area contributed by atoms with Crippen LogP contribution in [0.4, 0.5) is 0 Å². The van der Waals surface area contributed by atoms with E-state index in [1.807, 2.05) is 12.1 Å². The van der Waals surface area contributed by atoms with Crippen LogP contribution in [0.25, 0.3) is 0 Å². The molecular weight excluding hydrogens is 178 g/mol. The average Bonchev–Trinajstić information content (AvgIpc) is 2.19. The van der Waals surface area contributed by atoms with Crippen molar-refractivity contribution in [1.82, 2.24) is 4.98 Å². The van der Waals surface area contributed by atoms with Gasteiger partial charge in [0.2, 0.25) is 5.88 Å². The van der Waals surface area contributed by atoms with Crippen molar-refractivity contribution in [2.24, 2.45) is 0 Å². The lowest BCUT2D eigenvalue weighted by molar-refractivity contribution is 0.445. The van der Waals surface area contributed by atoms with Crippen molar-refractivity contribution in [1.29, 1.82) is 0 Å². The molecule has 0 unspecified atom stereocenters. The van der Waals surface area contributed by atoms with Gasteiger partial charge in [-0.15, -0.1) is 0 Å². The highest BCUT2D eigenvalue weighted by Crippen LogP contribution is 2.22. The third-order valence-electron chi connectivity index (χ3n) is 1.68. The van der Waals surface area contributed by atoms with Crippen molar-refractivity contribution < 1.29 is 9.84 Å². The Kier molecular flexibility index (Phi) is 2.32. The van der Waals surface area contributed by atoms with Crippen LogP contribution in [-0.4, -0.2) is 10.1 Å². The Morgan fingerprint density at radius 3 is 2.71 bits per heavy atom. The summed E-state index contributed by atoms with van der Waals surface area (Å²) in [5.41, 5.74) is 0. The van der Waals surface area contributed by atoms with Crippen LogP contribution in [0.15, 0.2) is 48.7 Å². The molecule has 2 rings (SSSR count). The molecule has 0 fully saturated rings. The van der Waals surface area contributed by atoms with Gasteiger partial charge >= 0.3 is 0 Å². The first-order chi connectivity index (χ1) is 6.84. The molecule has 3 heteroatoms. The molecule has 0 bridgehead atoms. The zero-order chi connectivity index (χ0) is 9.80. The lowest BCUT2D eigenvalue weighted by Gasteiger charge is -2.03. The number of nitrogens with zero attached hydrogens (tertiary/aromatic N) is 1. The van der Waals surface area contributed by atoms with Crippen molar-refractivity contribution in [3.8, 4) is 17.4 Å². The minimum atomic E-state index is 0.179. The molecule has 0 spiro atoms. The van der Waals surface area contributed by atoms with Gasteiger partial charge in [-0.2, -0.15) is 0 Å². The van der Waals surface area contributed by atoms with Crippen LogP contribution in [-0.2, 0) is 0 Å². The molecule has 0 aliphatic rings. The molecule has 0 aliphatic carbocycles. The second-order valence-electron chi connectivity index (χ2n) is 2.77. The maximum Gasteiger partial charge on any atom is 0.219 e. The van der Waals surface area contributed by atoms with Crippen molar-refractivity contribution in [3.05, 3.63) is 48.7 Å². The highest BCUT2D eigenvalue weighted by molar-refractivity contribution is 5.34. The predicted octanol–water partition coefficient (Wildman–Crippen LogP) is 2.58. The summed E-state index contributed by atoms with van der Waals surface area (Å²) in [7, 11) is 0. The third-order valence-corrected chi connectivity index (χ3v) is 1.68. The molecule has 0 saturated carbocycles. The van der Waals surface area contributed by atoms with Gasteiger partial charge in [0.05, 0.1) is 0 Å². The summed E-state index contributed by atoms with van der Waals surface area (Å²) in [6.07, 6.45) is 1.65. The van der Waals surface area contributed by atoms with Gasteiger partial charge in [0.1, 0.15) is 11.5 Å². The maximum atomic E-state index is 9.19. The fourth-order valence-electron chi connectivity index (χ4n) is 1.08. The second kappa shape index (κ2) is 3.79. The van der Waals surface area contributed by atoms with E-state index in [1.54, 1.807) is 30.5 Å². The summed E-state index contributed by atoms with van der Waals surface area (Å²) in [5, 5.41) is 9.19. The van der Waals surface area contributed by atoms with Crippen molar-refractivity contribution in [2.75, 3.05) is 0 Å². The van der Waals surface area contributed by atoms with Gasteiger partial charge in [-0.3, -0.25) is 0 Å². The van der Waals surface area contributed by atoms with Gasteiger partial charge in [0, 0.05) is 18.3 Å². The van der Waals surface area contributed by atoms with Crippen LogP contribution >= 0.6 is 0 Å².